The van der Waals surface area contributed by atoms with Crippen molar-refractivity contribution in [1.82, 2.24) is 9.78 Å². The maximum Gasteiger partial charge on any atom is 0.130 e. The van der Waals surface area contributed by atoms with Crippen molar-refractivity contribution in [3.05, 3.63) is 16.9 Å². The Hall–Kier alpha value is -0.540. The number of aromatic nitrogens is 2. The average molecular weight is 200 g/mol. The van der Waals surface area contributed by atoms with Gasteiger partial charge in [0.2, 0.25) is 0 Å². The van der Waals surface area contributed by atoms with E-state index >= 15 is 0 Å². The highest BCUT2D eigenvalue weighted by molar-refractivity contribution is 6.30. The topological polar surface area (TPSA) is 43.8 Å². The molecule has 0 aliphatic heterocycles. The summed E-state index contributed by atoms with van der Waals surface area (Å²) in [5.41, 5.74) is 6.55. The second-order valence-electron chi connectivity index (χ2n) is 3.53. The van der Waals surface area contributed by atoms with Crippen molar-refractivity contribution in [2.75, 3.05) is 6.54 Å². The Bertz CT molecular complexity index is 291. The molecule has 3 nitrogen and oxygen atoms in total. The molecule has 2 N–H and O–H groups in total. The first kappa shape index (κ1) is 9.03. The van der Waals surface area contributed by atoms with Crippen LogP contribution in [-0.4, -0.2) is 16.3 Å². The van der Waals surface area contributed by atoms with Crippen LogP contribution in [0.5, 0.6) is 0 Å². The molecule has 13 heavy (non-hydrogen) atoms. The van der Waals surface area contributed by atoms with Crippen LogP contribution in [0.25, 0.3) is 0 Å². The Labute approximate surface area is 82.9 Å². The van der Waals surface area contributed by atoms with Crippen LogP contribution in [0.15, 0.2) is 6.20 Å². The molecule has 72 valence electrons. The molecule has 1 aliphatic rings. The van der Waals surface area contributed by atoms with Crippen molar-refractivity contribution in [2.24, 2.45) is 5.73 Å². The lowest BCUT2D eigenvalue weighted by Crippen LogP contribution is -2.18. The van der Waals surface area contributed by atoms with E-state index in [9.17, 15) is 0 Å². The Morgan fingerprint density at radius 1 is 1.62 bits per heavy atom. The van der Waals surface area contributed by atoms with E-state index in [2.05, 4.69) is 5.10 Å². The molecule has 1 aliphatic carbocycles. The van der Waals surface area contributed by atoms with Crippen LogP contribution in [0, 0.1) is 0 Å². The van der Waals surface area contributed by atoms with Crippen molar-refractivity contribution in [3.63, 3.8) is 0 Å². The highest BCUT2D eigenvalue weighted by Crippen LogP contribution is 2.34. The predicted octanol–water partition coefficient (Wildman–Crippen LogP) is 1.76. The van der Waals surface area contributed by atoms with E-state index in [0.29, 0.717) is 12.6 Å². The Kier molecular flexibility index (Phi) is 2.56. The standard InChI is InChI=1S/C9H14ClN3/c10-9-7(4-5-11)6-12-13(9)8-2-1-3-8/h6,8H,1-5,11H2. The molecule has 0 atom stereocenters. The predicted molar refractivity (Wildman–Crippen MR) is 52.9 cm³/mol. The molecule has 0 aromatic carbocycles. The molecule has 1 fully saturated rings. The largest absolute Gasteiger partial charge is 0.330 e. The molecule has 0 bridgehead atoms. The second-order valence-corrected chi connectivity index (χ2v) is 3.89. The summed E-state index contributed by atoms with van der Waals surface area (Å²) in [5, 5.41) is 5.07. The SMILES string of the molecule is NCCc1cnn(C2CCC2)c1Cl. The van der Waals surface area contributed by atoms with Crippen LogP contribution in [0.1, 0.15) is 30.9 Å². The van der Waals surface area contributed by atoms with Gasteiger partial charge in [0.05, 0.1) is 12.2 Å². The Morgan fingerprint density at radius 3 is 2.92 bits per heavy atom. The van der Waals surface area contributed by atoms with Crippen LogP contribution in [0.3, 0.4) is 0 Å². The van der Waals surface area contributed by atoms with E-state index in [1.54, 1.807) is 0 Å². The fraction of sp³-hybridized carbons (Fsp3) is 0.667. The minimum absolute atomic E-state index is 0.541. The van der Waals surface area contributed by atoms with Gasteiger partial charge in [0, 0.05) is 5.56 Å². The molecule has 4 heteroatoms. The van der Waals surface area contributed by atoms with Crippen LogP contribution >= 0.6 is 11.6 Å². The summed E-state index contributed by atoms with van der Waals surface area (Å²) in [6, 6.07) is 0.541. The molecule has 0 unspecified atom stereocenters. The monoisotopic (exact) mass is 199 g/mol. The van der Waals surface area contributed by atoms with E-state index in [0.717, 1.165) is 17.1 Å². The van der Waals surface area contributed by atoms with E-state index < -0.39 is 0 Å². The fourth-order valence-corrected chi connectivity index (χ4v) is 1.92. The first-order valence-corrected chi connectivity index (χ1v) is 5.12. The lowest BCUT2D eigenvalue weighted by Gasteiger charge is -2.26. The third-order valence-electron chi connectivity index (χ3n) is 2.64. The minimum atomic E-state index is 0.541. The molecule has 1 aromatic rings. The molecular formula is C9H14ClN3. The van der Waals surface area contributed by atoms with Crippen molar-refractivity contribution in [2.45, 2.75) is 31.7 Å². The summed E-state index contributed by atoms with van der Waals surface area (Å²) in [6.07, 6.45) is 6.39. The van der Waals surface area contributed by atoms with Crippen LogP contribution in [0.2, 0.25) is 5.15 Å². The molecule has 0 saturated heterocycles. The lowest BCUT2D eigenvalue weighted by atomic mass is 9.93. The number of rotatable bonds is 3. The summed E-state index contributed by atoms with van der Waals surface area (Å²) in [5.74, 6) is 0. The summed E-state index contributed by atoms with van der Waals surface area (Å²) >= 11 is 6.16. The zero-order valence-electron chi connectivity index (χ0n) is 7.54. The third-order valence-corrected chi connectivity index (χ3v) is 3.05. The van der Waals surface area contributed by atoms with Gasteiger partial charge in [0.25, 0.3) is 0 Å². The van der Waals surface area contributed by atoms with Gasteiger partial charge in [-0.25, -0.2) is 0 Å². The Morgan fingerprint density at radius 2 is 2.38 bits per heavy atom. The third kappa shape index (κ3) is 1.58. The first-order valence-electron chi connectivity index (χ1n) is 4.75. The van der Waals surface area contributed by atoms with Gasteiger partial charge in [-0.2, -0.15) is 5.10 Å². The van der Waals surface area contributed by atoms with Gasteiger partial charge in [-0.05, 0) is 32.2 Å². The molecule has 0 amide bonds. The summed E-state index contributed by atoms with van der Waals surface area (Å²) in [6.45, 7) is 0.635. The molecule has 0 radical (unpaired) electrons. The quantitative estimate of drug-likeness (QED) is 0.807. The highest BCUT2D eigenvalue weighted by atomic mass is 35.5. The van der Waals surface area contributed by atoms with Crippen LogP contribution in [-0.2, 0) is 6.42 Å². The maximum atomic E-state index is 6.16. The fourth-order valence-electron chi connectivity index (χ4n) is 1.59. The van der Waals surface area contributed by atoms with Gasteiger partial charge in [-0.15, -0.1) is 0 Å². The number of nitrogens with zero attached hydrogens (tertiary/aromatic N) is 2. The van der Waals surface area contributed by atoms with Gasteiger partial charge >= 0.3 is 0 Å². The van der Waals surface area contributed by atoms with E-state index in [4.69, 9.17) is 17.3 Å². The van der Waals surface area contributed by atoms with Crippen LogP contribution < -0.4 is 5.73 Å². The number of hydrogen-bond acceptors (Lipinski definition) is 2. The lowest BCUT2D eigenvalue weighted by molar-refractivity contribution is 0.289. The number of hydrogen-bond donors (Lipinski definition) is 1. The zero-order chi connectivity index (χ0) is 9.26. The number of nitrogens with two attached hydrogens (primary N) is 1. The highest BCUT2D eigenvalue weighted by Gasteiger charge is 2.22. The van der Waals surface area contributed by atoms with Gasteiger partial charge < -0.3 is 5.73 Å². The first-order chi connectivity index (χ1) is 6.33. The minimum Gasteiger partial charge on any atom is -0.330 e. The van der Waals surface area contributed by atoms with Crippen molar-refractivity contribution >= 4 is 11.6 Å². The number of halogens is 1. The molecule has 0 spiro atoms. The molecule has 1 heterocycles. The molecular weight excluding hydrogens is 186 g/mol. The van der Waals surface area contributed by atoms with Gasteiger partial charge in [0.1, 0.15) is 5.15 Å². The van der Waals surface area contributed by atoms with Crippen LogP contribution in [0.4, 0.5) is 0 Å². The summed E-state index contributed by atoms with van der Waals surface area (Å²) in [4.78, 5) is 0. The zero-order valence-corrected chi connectivity index (χ0v) is 8.30. The summed E-state index contributed by atoms with van der Waals surface area (Å²) in [7, 11) is 0. The van der Waals surface area contributed by atoms with Gasteiger partial charge in [0.15, 0.2) is 0 Å². The van der Waals surface area contributed by atoms with Gasteiger partial charge in [-0.3, -0.25) is 4.68 Å². The smallest absolute Gasteiger partial charge is 0.130 e. The van der Waals surface area contributed by atoms with Gasteiger partial charge in [-0.1, -0.05) is 11.6 Å². The maximum absolute atomic E-state index is 6.16. The van der Waals surface area contributed by atoms with Crippen molar-refractivity contribution < 1.29 is 0 Å². The summed E-state index contributed by atoms with van der Waals surface area (Å²) < 4.78 is 1.94. The van der Waals surface area contributed by atoms with Crippen molar-refractivity contribution in [1.29, 1.82) is 0 Å². The average Bonchev–Trinajstić information content (AvgIpc) is 2.34. The van der Waals surface area contributed by atoms with Crippen molar-refractivity contribution in [3.8, 4) is 0 Å². The normalized spacial score (nSPS) is 17.4. The van der Waals surface area contributed by atoms with E-state index in [1.807, 2.05) is 10.9 Å². The molecule has 1 saturated carbocycles. The van der Waals surface area contributed by atoms with E-state index in [-0.39, 0.29) is 0 Å². The second kappa shape index (κ2) is 3.68. The Balaban J connectivity index is 2.17. The van der Waals surface area contributed by atoms with E-state index in [1.165, 1.54) is 19.3 Å². The molecule has 1 aromatic heterocycles. The molecule has 2 rings (SSSR count).